The van der Waals surface area contributed by atoms with E-state index < -0.39 is 0 Å². The molecule has 0 spiro atoms. The Morgan fingerprint density at radius 1 is 0.449 bits per heavy atom. The quantitative estimate of drug-likeness (QED) is 0.0475. The third-order valence-electron chi connectivity index (χ3n) is 9.15. The predicted octanol–water partition coefficient (Wildman–Crippen LogP) is 12.9. The molecule has 4 nitrogen and oxygen atoms in total. The van der Waals surface area contributed by atoms with E-state index in [9.17, 15) is 0 Å². The number of hydrogen-bond acceptors (Lipinski definition) is 4. The second kappa shape index (κ2) is 41.2. The Hall–Kier alpha value is -1.20. The first-order chi connectivity index (χ1) is 24.1. The van der Waals surface area contributed by atoms with Gasteiger partial charge in [0.25, 0.3) is 0 Å². The van der Waals surface area contributed by atoms with Crippen LogP contribution in [0.2, 0.25) is 0 Å². The molecule has 0 aliphatic heterocycles. The van der Waals surface area contributed by atoms with Crippen LogP contribution < -0.4 is 0 Å². The van der Waals surface area contributed by atoms with Gasteiger partial charge in [0.05, 0.1) is 12.7 Å². The summed E-state index contributed by atoms with van der Waals surface area (Å²) in [5, 5.41) is 0. The van der Waals surface area contributed by atoms with Crippen molar-refractivity contribution in [2.24, 2.45) is 0 Å². The van der Waals surface area contributed by atoms with Crippen molar-refractivity contribution in [2.75, 3.05) is 60.6 Å². The molecular weight excluding hydrogens is 601 g/mol. The molecule has 0 saturated heterocycles. The van der Waals surface area contributed by atoms with E-state index in [1.807, 2.05) is 0 Å². The lowest BCUT2D eigenvalue weighted by Gasteiger charge is -2.25. The molecule has 1 unspecified atom stereocenters. The van der Waals surface area contributed by atoms with Gasteiger partial charge in [-0.2, -0.15) is 0 Å². The van der Waals surface area contributed by atoms with Crippen molar-refractivity contribution in [1.82, 2.24) is 9.80 Å². The van der Waals surface area contributed by atoms with E-state index in [1.54, 1.807) is 0 Å². The largest absolute Gasteiger partial charge is 0.379 e. The molecule has 0 radical (unpaired) electrons. The SMILES string of the molecule is CCCCCC=CCC=CCCCCCCCCOCC(CN(C)CCCN(C)C)OCCCCCCCCC=CCC=CCCCCC. The third-order valence-corrected chi connectivity index (χ3v) is 9.15. The lowest BCUT2D eigenvalue weighted by molar-refractivity contribution is -0.0315. The van der Waals surface area contributed by atoms with E-state index in [2.05, 4.69) is 93.4 Å². The number of unbranched alkanes of at least 4 members (excludes halogenated alkanes) is 18. The summed E-state index contributed by atoms with van der Waals surface area (Å²) in [5.74, 6) is 0. The summed E-state index contributed by atoms with van der Waals surface area (Å²) in [6, 6.07) is 0. The van der Waals surface area contributed by atoms with Crippen LogP contribution in [0, 0.1) is 0 Å². The highest BCUT2D eigenvalue weighted by Crippen LogP contribution is 2.11. The first-order valence-corrected chi connectivity index (χ1v) is 21.2. The van der Waals surface area contributed by atoms with Gasteiger partial charge in [0.2, 0.25) is 0 Å². The minimum Gasteiger partial charge on any atom is -0.379 e. The summed E-state index contributed by atoms with van der Waals surface area (Å²) in [4.78, 5) is 4.69. The fraction of sp³-hybridized carbons (Fsp3) is 0.822. The lowest BCUT2D eigenvalue weighted by atomic mass is 10.1. The van der Waals surface area contributed by atoms with Gasteiger partial charge < -0.3 is 19.3 Å². The molecule has 0 aromatic carbocycles. The van der Waals surface area contributed by atoms with Gasteiger partial charge in [-0.25, -0.2) is 0 Å². The molecule has 0 bridgehead atoms. The Bertz CT molecular complexity index is 744. The van der Waals surface area contributed by atoms with Crippen molar-refractivity contribution >= 4 is 0 Å². The van der Waals surface area contributed by atoms with E-state index in [0.717, 1.165) is 58.7 Å². The molecule has 49 heavy (non-hydrogen) atoms. The van der Waals surface area contributed by atoms with Gasteiger partial charge in [0.15, 0.2) is 0 Å². The van der Waals surface area contributed by atoms with Crippen molar-refractivity contribution in [3.63, 3.8) is 0 Å². The van der Waals surface area contributed by atoms with Gasteiger partial charge in [-0.05, 0) is 118 Å². The lowest BCUT2D eigenvalue weighted by Crippen LogP contribution is -2.36. The number of allylic oxidation sites excluding steroid dienone is 8. The van der Waals surface area contributed by atoms with E-state index in [-0.39, 0.29) is 6.10 Å². The van der Waals surface area contributed by atoms with Crippen molar-refractivity contribution in [2.45, 2.75) is 180 Å². The molecule has 1 atom stereocenters. The Morgan fingerprint density at radius 3 is 1.35 bits per heavy atom. The average Bonchev–Trinajstić information content (AvgIpc) is 3.08. The highest BCUT2D eigenvalue weighted by molar-refractivity contribution is 4.93. The molecule has 0 aliphatic rings. The number of nitrogens with zero attached hydrogens (tertiary/aromatic N) is 2. The van der Waals surface area contributed by atoms with Crippen molar-refractivity contribution in [3.05, 3.63) is 48.6 Å². The predicted molar refractivity (Wildman–Crippen MR) is 220 cm³/mol. The van der Waals surface area contributed by atoms with Gasteiger partial charge in [0.1, 0.15) is 0 Å². The summed E-state index contributed by atoms with van der Waals surface area (Å²) < 4.78 is 12.5. The van der Waals surface area contributed by atoms with Crippen LogP contribution in [0.15, 0.2) is 48.6 Å². The van der Waals surface area contributed by atoms with Gasteiger partial charge in [-0.3, -0.25) is 0 Å². The first kappa shape index (κ1) is 47.8. The van der Waals surface area contributed by atoms with Gasteiger partial charge in [0, 0.05) is 19.8 Å². The average molecular weight is 687 g/mol. The third kappa shape index (κ3) is 41.1. The Morgan fingerprint density at radius 2 is 0.878 bits per heavy atom. The minimum absolute atomic E-state index is 0.173. The fourth-order valence-corrected chi connectivity index (χ4v) is 6.00. The summed E-state index contributed by atoms with van der Waals surface area (Å²) in [5.41, 5.74) is 0. The maximum absolute atomic E-state index is 6.39. The zero-order chi connectivity index (χ0) is 35.7. The maximum Gasteiger partial charge on any atom is 0.0934 e. The topological polar surface area (TPSA) is 24.9 Å². The molecule has 0 saturated carbocycles. The van der Waals surface area contributed by atoms with Crippen LogP contribution in [0.4, 0.5) is 0 Å². The molecule has 288 valence electrons. The standard InChI is InChI=1S/C45H86N2O2/c1-6-8-10-12-14-16-18-20-22-24-26-28-30-32-34-36-41-48-44-45(43-47(5)40-38-39-46(3)4)49-42-37-35-33-31-29-27-25-23-21-19-17-15-13-11-9-7-2/h14-17,20-23,45H,6-13,18-19,24-44H2,1-5H3. The minimum atomic E-state index is 0.173. The van der Waals surface area contributed by atoms with Crippen LogP contribution in [0.3, 0.4) is 0 Å². The Kier molecular flexibility index (Phi) is 40.2. The number of ether oxygens (including phenoxy) is 2. The monoisotopic (exact) mass is 687 g/mol. The molecule has 0 aliphatic carbocycles. The zero-order valence-electron chi connectivity index (χ0n) is 33.8. The van der Waals surface area contributed by atoms with Crippen LogP contribution in [0.25, 0.3) is 0 Å². The molecule has 4 heteroatoms. The molecule has 0 N–H and O–H groups in total. The van der Waals surface area contributed by atoms with Gasteiger partial charge >= 0.3 is 0 Å². The molecule has 0 amide bonds. The Labute approximate surface area is 308 Å². The molecule has 0 aromatic rings. The van der Waals surface area contributed by atoms with E-state index in [0.29, 0.717) is 0 Å². The van der Waals surface area contributed by atoms with Crippen molar-refractivity contribution in [3.8, 4) is 0 Å². The maximum atomic E-state index is 6.39. The zero-order valence-corrected chi connectivity index (χ0v) is 33.8. The number of likely N-dealkylation sites (N-methyl/N-ethyl adjacent to an activating group) is 1. The number of hydrogen-bond donors (Lipinski definition) is 0. The fourth-order valence-electron chi connectivity index (χ4n) is 6.00. The van der Waals surface area contributed by atoms with Crippen LogP contribution >= 0.6 is 0 Å². The van der Waals surface area contributed by atoms with Crippen molar-refractivity contribution in [1.29, 1.82) is 0 Å². The molecule has 0 rings (SSSR count). The summed E-state index contributed by atoms with van der Waals surface area (Å²) in [6.45, 7) is 10.2. The normalized spacial score (nSPS) is 13.2. The molecule has 0 aromatic heterocycles. The van der Waals surface area contributed by atoms with Crippen LogP contribution in [-0.4, -0.2) is 76.5 Å². The summed E-state index contributed by atoms with van der Waals surface area (Å²) >= 11 is 0. The van der Waals surface area contributed by atoms with Crippen LogP contribution in [-0.2, 0) is 9.47 Å². The molecular formula is C45H86N2O2. The second-order valence-electron chi connectivity index (χ2n) is 14.7. The second-order valence-corrected chi connectivity index (χ2v) is 14.7. The van der Waals surface area contributed by atoms with Gasteiger partial charge in [-0.15, -0.1) is 0 Å². The van der Waals surface area contributed by atoms with Gasteiger partial charge in [-0.1, -0.05) is 140 Å². The molecule has 0 heterocycles. The number of rotatable bonds is 39. The van der Waals surface area contributed by atoms with Crippen molar-refractivity contribution < 1.29 is 9.47 Å². The summed E-state index contributed by atoms with van der Waals surface area (Å²) in [7, 11) is 6.54. The summed E-state index contributed by atoms with van der Waals surface area (Å²) in [6.07, 6.45) is 50.9. The Balaban J connectivity index is 3.95. The highest BCUT2D eigenvalue weighted by atomic mass is 16.5. The van der Waals surface area contributed by atoms with Crippen LogP contribution in [0.5, 0.6) is 0 Å². The van der Waals surface area contributed by atoms with Crippen LogP contribution in [0.1, 0.15) is 174 Å². The van der Waals surface area contributed by atoms with E-state index in [1.165, 1.54) is 141 Å². The molecule has 0 fully saturated rings. The van der Waals surface area contributed by atoms with E-state index in [4.69, 9.17) is 9.47 Å². The van der Waals surface area contributed by atoms with E-state index >= 15 is 0 Å². The smallest absolute Gasteiger partial charge is 0.0934 e. The highest BCUT2D eigenvalue weighted by Gasteiger charge is 2.13. The first-order valence-electron chi connectivity index (χ1n) is 21.2.